The Balaban J connectivity index is 1.53. The molecular formula is C20H20FN3O3. The molecule has 2 aliphatic heterocycles. The van der Waals surface area contributed by atoms with Crippen molar-refractivity contribution >= 4 is 17.3 Å². The lowest BCUT2D eigenvalue weighted by molar-refractivity contribution is -0.384. The molecule has 1 amide bonds. The van der Waals surface area contributed by atoms with E-state index in [0.717, 1.165) is 36.2 Å². The van der Waals surface area contributed by atoms with Crippen molar-refractivity contribution < 1.29 is 14.1 Å². The molecule has 0 aromatic heterocycles. The number of nitro groups is 1. The van der Waals surface area contributed by atoms with Crippen molar-refractivity contribution in [1.82, 2.24) is 5.32 Å². The smallest absolute Gasteiger partial charge is 0.269 e. The van der Waals surface area contributed by atoms with Gasteiger partial charge in [0.05, 0.1) is 10.8 Å². The molecule has 27 heavy (non-hydrogen) atoms. The van der Waals surface area contributed by atoms with E-state index in [-0.39, 0.29) is 29.4 Å². The number of anilines is 1. The van der Waals surface area contributed by atoms with Gasteiger partial charge in [0.25, 0.3) is 5.69 Å². The first-order valence-corrected chi connectivity index (χ1v) is 9.09. The van der Waals surface area contributed by atoms with Gasteiger partial charge in [-0.2, -0.15) is 0 Å². The number of benzene rings is 2. The van der Waals surface area contributed by atoms with Crippen LogP contribution in [0.15, 0.2) is 42.5 Å². The van der Waals surface area contributed by atoms with E-state index < -0.39 is 4.92 Å². The lowest BCUT2D eigenvalue weighted by Crippen LogP contribution is -2.48. The molecule has 6 nitrogen and oxygen atoms in total. The highest BCUT2D eigenvalue weighted by molar-refractivity contribution is 5.82. The van der Waals surface area contributed by atoms with E-state index in [0.29, 0.717) is 13.0 Å². The number of carbonyl (C=O) groups excluding carboxylic acids is 1. The molecule has 7 heteroatoms. The van der Waals surface area contributed by atoms with Gasteiger partial charge in [0.1, 0.15) is 5.82 Å². The topological polar surface area (TPSA) is 75.5 Å². The molecule has 2 atom stereocenters. The van der Waals surface area contributed by atoms with Crippen molar-refractivity contribution in [1.29, 1.82) is 0 Å². The van der Waals surface area contributed by atoms with Crippen LogP contribution in [0.25, 0.3) is 0 Å². The summed E-state index contributed by atoms with van der Waals surface area (Å²) in [5, 5.41) is 14.0. The largest absolute Gasteiger partial charge is 0.368 e. The second kappa shape index (κ2) is 6.98. The Morgan fingerprint density at radius 1 is 1.26 bits per heavy atom. The zero-order chi connectivity index (χ0) is 19.0. The third kappa shape index (κ3) is 3.37. The standard InChI is InChI=1S/C20H20FN3O3/c21-15-5-3-13(4-6-15)12-22-20(25)17-11-14-10-16(24(26)27)7-8-18(14)23-9-1-2-19(17)23/h3-8,10,17,19H,1-2,9,11-12H2,(H,22,25). The van der Waals surface area contributed by atoms with Gasteiger partial charge < -0.3 is 10.2 Å². The first kappa shape index (κ1) is 17.5. The van der Waals surface area contributed by atoms with Crippen molar-refractivity contribution in [3.63, 3.8) is 0 Å². The van der Waals surface area contributed by atoms with Gasteiger partial charge in [-0.15, -0.1) is 0 Å². The summed E-state index contributed by atoms with van der Waals surface area (Å²) in [4.78, 5) is 25.8. The fourth-order valence-electron chi connectivity index (χ4n) is 4.20. The summed E-state index contributed by atoms with van der Waals surface area (Å²) in [5.41, 5.74) is 2.74. The lowest BCUT2D eigenvalue weighted by atomic mass is 9.85. The maximum atomic E-state index is 13.0. The molecule has 0 saturated carbocycles. The summed E-state index contributed by atoms with van der Waals surface area (Å²) in [6.45, 7) is 1.20. The molecule has 1 fully saturated rings. The maximum absolute atomic E-state index is 13.0. The number of amides is 1. The summed E-state index contributed by atoms with van der Waals surface area (Å²) >= 11 is 0. The van der Waals surface area contributed by atoms with Crippen LogP contribution in [0.2, 0.25) is 0 Å². The number of hydrogen-bond acceptors (Lipinski definition) is 4. The number of fused-ring (bicyclic) bond motifs is 3. The average Bonchev–Trinajstić information content (AvgIpc) is 3.16. The van der Waals surface area contributed by atoms with E-state index in [1.807, 2.05) is 0 Å². The molecule has 0 spiro atoms. The Hall–Kier alpha value is -2.96. The molecule has 0 aliphatic carbocycles. The summed E-state index contributed by atoms with van der Waals surface area (Å²) in [6.07, 6.45) is 2.43. The Morgan fingerprint density at radius 2 is 2.04 bits per heavy atom. The average molecular weight is 369 g/mol. The third-order valence-corrected chi connectivity index (χ3v) is 5.50. The summed E-state index contributed by atoms with van der Waals surface area (Å²) in [7, 11) is 0. The van der Waals surface area contributed by atoms with Crippen LogP contribution in [-0.2, 0) is 17.8 Å². The molecule has 0 bridgehead atoms. The van der Waals surface area contributed by atoms with Crippen molar-refractivity contribution in [2.45, 2.75) is 31.8 Å². The second-order valence-electron chi connectivity index (χ2n) is 7.13. The van der Waals surface area contributed by atoms with Gasteiger partial charge in [-0.1, -0.05) is 12.1 Å². The first-order chi connectivity index (χ1) is 13.0. The molecular weight excluding hydrogens is 349 g/mol. The minimum Gasteiger partial charge on any atom is -0.368 e. The van der Waals surface area contributed by atoms with Crippen LogP contribution < -0.4 is 10.2 Å². The fourth-order valence-corrected chi connectivity index (χ4v) is 4.20. The number of hydrogen-bond donors (Lipinski definition) is 1. The lowest BCUT2D eigenvalue weighted by Gasteiger charge is -2.38. The SMILES string of the molecule is O=C(NCc1ccc(F)cc1)C1Cc2cc([N+](=O)[O-])ccc2N2CCCC12. The Labute approximate surface area is 156 Å². The summed E-state index contributed by atoms with van der Waals surface area (Å²) in [6, 6.07) is 11.1. The number of nitrogens with zero attached hydrogens (tertiary/aromatic N) is 2. The number of nitrogens with one attached hydrogen (secondary N) is 1. The van der Waals surface area contributed by atoms with Crippen LogP contribution in [0, 0.1) is 21.8 Å². The van der Waals surface area contributed by atoms with Gasteiger partial charge in [0.2, 0.25) is 5.91 Å². The summed E-state index contributed by atoms with van der Waals surface area (Å²) in [5.74, 6) is -0.618. The van der Waals surface area contributed by atoms with Crippen LogP contribution in [0.5, 0.6) is 0 Å². The number of halogens is 1. The molecule has 0 radical (unpaired) electrons. The molecule has 1 saturated heterocycles. The number of carbonyl (C=O) groups is 1. The predicted molar refractivity (Wildman–Crippen MR) is 98.9 cm³/mol. The van der Waals surface area contributed by atoms with E-state index in [4.69, 9.17) is 0 Å². The number of non-ortho nitro benzene ring substituents is 1. The van der Waals surface area contributed by atoms with Crippen LogP contribution in [0.4, 0.5) is 15.8 Å². The van der Waals surface area contributed by atoms with Crippen molar-refractivity contribution in [2.24, 2.45) is 5.92 Å². The van der Waals surface area contributed by atoms with Gasteiger partial charge in [0.15, 0.2) is 0 Å². The molecule has 4 rings (SSSR count). The van der Waals surface area contributed by atoms with Crippen LogP contribution >= 0.6 is 0 Å². The molecule has 2 unspecified atom stereocenters. The van der Waals surface area contributed by atoms with Gasteiger partial charge in [-0.05, 0) is 48.6 Å². The van der Waals surface area contributed by atoms with Gasteiger partial charge >= 0.3 is 0 Å². The molecule has 2 aromatic rings. The van der Waals surface area contributed by atoms with Crippen LogP contribution in [0.3, 0.4) is 0 Å². The van der Waals surface area contributed by atoms with Crippen molar-refractivity contribution in [2.75, 3.05) is 11.4 Å². The van der Waals surface area contributed by atoms with Crippen LogP contribution in [-0.4, -0.2) is 23.4 Å². The highest BCUT2D eigenvalue weighted by Gasteiger charge is 2.41. The second-order valence-corrected chi connectivity index (χ2v) is 7.13. The number of rotatable bonds is 4. The van der Waals surface area contributed by atoms with E-state index in [9.17, 15) is 19.3 Å². The van der Waals surface area contributed by atoms with E-state index in [1.54, 1.807) is 24.3 Å². The quantitative estimate of drug-likeness (QED) is 0.663. The number of nitro benzene ring substituents is 1. The zero-order valence-corrected chi connectivity index (χ0v) is 14.7. The molecule has 140 valence electrons. The van der Waals surface area contributed by atoms with Crippen LogP contribution in [0.1, 0.15) is 24.0 Å². The molecule has 1 N–H and O–H groups in total. The minimum atomic E-state index is -0.403. The third-order valence-electron chi connectivity index (χ3n) is 5.50. The van der Waals surface area contributed by atoms with E-state index in [2.05, 4.69) is 10.2 Å². The Bertz CT molecular complexity index is 885. The van der Waals surface area contributed by atoms with E-state index >= 15 is 0 Å². The molecule has 2 aromatic carbocycles. The normalized spacial score (nSPS) is 20.7. The molecule has 2 heterocycles. The van der Waals surface area contributed by atoms with Crippen molar-refractivity contribution in [3.05, 3.63) is 69.5 Å². The highest BCUT2D eigenvalue weighted by Crippen LogP contribution is 2.40. The Kier molecular flexibility index (Phi) is 4.51. The highest BCUT2D eigenvalue weighted by atomic mass is 19.1. The fraction of sp³-hybridized carbons (Fsp3) is 0.350. The molecule has 2 aliphatic rings. The van der Waals surface area contributed by atoms with Crippen molar-refractivity contribution in [3.8, 4) is 0 Å². The Morgan fingerprint density at radius 3 is 2.78 bits per heavy atom. The maximum Gasteiger partial charge on any atom is 0.269 e. The van der Waals surface area contributed by atoms with Gasteiger partial charge in [-0.25, -0.2) is 4.39 Å². The predicted octanol–water partition coefficient (Wildman–Crippen LogP) is 3.19. The van der Waals surface area contributed by atoms with E-state index in [1.165, 1.54) is 18.2 Å². The zero-order valence-electron chi connectivity index (χ0n) is 14.7. The summed E-state index contributed by atoms with van der Waals surface area (Å²) < 4.78 is 13.0. The van der Waals surface area contributed by atoms with Gasteiger partial charge in [-0.3, -0.25) is 14.9 Å². The van der Waals surface area contributed by atoms with Gasteiger partial charge in [0, 0.05) is 37.0 Å². The monoisotopic (exact) mass is 369 g/mol. The first-order valence-electron chi connectivity index (χ1n) is 9.09. The minimum absolute atomic E-state index is 0.0527.